The number of benzene rings is 1. The molecule has 0 aliphatic carbocycles. The van der Waals surface area contributed by atoms with Gasteiger partial charge in [0.05, 0.1) is 13.2 Å². The summed E-state index contributed by atoms with van der Waals surface area (Å²) in [5.74, 6) is 0.378. The van der Waals surface area contributed by atoms with Gasteiger partial charge in [0.15, 0.2) is 6.10 Å². The van der Waals surface area contributed by atoms with Gasteiger partial charge in [-0.25, -0.2) is 0 Å². The number of nitrogens with zero attached hydrogens (tertiary/aromatic N) is 2. The van der Waals surface area contributed by atoms with Gasteiger partial charge in [0.1, 0.15) is 0 Å². The van der Waals surface area contributed by atoms with Gasteiger partial charge < -0.3 is 14.5 Å². The summed E-state index contributed by atoms with van der Waals surface area (Å²) < 4.78 is 5.61. The molecule has 5 nitrogen and oxygen atoms in total. The number of carbonyl (C=O) groups excluding carboxylic acids is 2. The molecule has 2 fully saturated rings. The van der Waals surface area contributed by atoms with E-state index in [1.165, 1.54) is 11.6 Å². The average Bonchev–Trinajstić information content (AvgIpc) is 2.67. The van der Waals surface area contributed by atoms with E-state index in [0.29, 0.717) is 25.6 Å². The van der Waals surface area contributed by atoms with Gasteiger partial charge in [0.25, 0.3) is 5.91 Å². The topological polar surface area (TPSA) is 49.9 Å². The van der Waals surface area contributed by atoms with Gasteiger partial charge in [-0.1, -0.05) is 36.9 Å². The maximum Gasteiger partial charge on any atom is 0.253 e. The van der Waals surface area contributed by atoms with Crippen LogP contribution >= 0.6 is 0 Å². The van der Waals surface area contributed by atoms with Crippen LogP contribution in [-0.2, 0) is 14.3 Å². The van der Waals surface area contributed by atoms with Crippen LogP contribution in [0.5, 0.6) is 0 Å². The Kier molecular flexibility index (Phi) is 5.30. The summed E-state index contributed by atoms with van der Waals surface area (Å²) in [7, 11) is 0. The van der Waals surface area contributed by atoms with Crippen molar-refractivity contribution in [2.24, 2.45) is 0 Å². The number of morpholine rings is 1. The van der Waals surface area contributed by atoms with Gasteiger partial charge in [-0.3, -0.25) is 9.59 Å². The molecular weight excluding hydrogens is 304 g/mol. The van der Waals surface area contributed by atoms with Crippen molar-refractivity contribution >= 4 is 11.8 Å². The predicted octanol–water partition coefficient (Wildman–Crippen LogP) is 1.81. The zero-order chi connectivity index (χ0) is 16.9. The third kappa shape index (κ3) is 3.67. The third-order valence-corrected chi connectivity index (χ3v) is 4.91. The molecule has 1 aromatic carbocycles. The highest BCUT2D eigenvalue weighted by molar-refractivity contribution is 5.88. The lowest BCUT2D eigenvalue weighted by molar-refractivity contribution is -0.153. The number of amides is 2. The molecule has 2 amide bonds. The maximum atomic E-state index is 12.7. The number of ether oxygens (including phenoxy) is 1. The highest BCUT2D eigenvalue weighted by atomic mass is 16.5. The van der Waals surface area contributed by atoms with Crippen LogP contribution in [-0.4, -0.2) is 60.5 Å². The molecule has 1 atom stereocenters. The normalized spacial score (nSPS) is 22.2. The molecule has 2 aliphatic rings. The first kappa shape index (κ1) is 16.7. The van der Waals surface area contributed by atoms with E-state index in [4.69, 9.17) is 4.74 Å². The van der Waals surface area contributed by atoms with Gasteiger partial charge >= 0.3 is 0 Å². The fraction of sp³-hybridized carbons (Fsp3) is 0.474. The highest BCUT2D eigenvalue weighted by Gasteiger charge is 2.33. The van der Waals surface area contributed by atoms with Crippen LogP contribution in [0.2, 0.25) is 0 Å². The lowest BCUT2D eigenvalue weighted by atomic mass is 9.89. The number of hydrogen-bond acceptors (Lipinski definition) is 3. The van der Waals surface area contributed by atoms with Crippen LogP contribution in [0.1, 0.15) is 24.3 Å². The summed E-state index contributed by atoms with van der Waals surface area (Å²) in [6.45, 7) is 6.23. The third-order valence-electron chi connectivity index (χ3n) is 4.91. The molecule has 3 rings (SSSR count). The van der Waals surface area contributed by atoms with E-state index >= 15 is 0 Å². The Balaban J connectivity index is 1.55. The van der Waals surface area contributed by atoms with Crippen molar-refractivity contribution in [1.29, 1.82) is 0 Å². The van der Waals surface area contributed by atoms with Crippen LogP contribution in [0, 0.1) is 0 Å². The van der Waals surface area contributed by atoms with Crippen LogP contribution in [0.25, 0.3) is 0 Å². The van der Waals surface area contributed by atoms with E-state index in [1.54, 1.807) is 4.90 Å². The van der Waals surface area contributed by atoms with Crippen LogP contribution in [0.3, 0.4) is 0 Å². The molecule has 2 saturated heterocycles. The molecule has 1 unspecified atom stereocenters. The molecule has 0 N–H and O–H groups in total. The first-order valence-electron chi connectivity index (χ1n) is 8.55. The van der Waals surface area contributed by atoms with E-state index in [0.717, 1.165) is 25.9 Å². The maximum absolute atomic E-state index is 12.7. The zero-order valence-corrected chi connectivity index (χ0v) is 13.9. The number of likely N-dealkylation sites (tertiary alicyclic amines) is 1. The summed E-state index contributed by atoms with van der Waals surface area (Å²) >= 11 is 0. The molecule has 2 heterocycles. The molecule has 2 aliphatic heterocycles. The Morgan fingerprint density at radius 3 is 2.46 bits per heavy atom. The second-order valence-corrected chi connectivity index (χ2v) is 6.36. The molecule has 5 heteroatoms. The lowest BCUT2D eigenvalue weighted by Crippen LogP contribution is -2.53. The van der Waals surface area contributed by atoms with Gasteiger partial charge in [0.2, 0.25) is 5.91 Å². The van der Waals surface area contributed by atoms with Crippen molar-refractivity contribution in [1.82, 2.24) is 9.80 Å². The molecule has 0 radical (unpaired) electrons. The van der Waals surface area contributed by atoms with Crippen LogP contribution in [0.15, 0.2) is 43.0 Å². The lowest BCUT2D eigenvalue weighted by Gasteiger charge is -2.37. The first-order valence-corrected chi connectivity index (χ1v) is 8.55. The minimum atomic E-state index is -0.545. The van der Waals surface area contributed by atoms with Crippen molar-refractivity contribution in [3.05, 3.63) is 48.6 Å². The number of piperidine rings is 1. The van der Waals surface area contributed by atoms with E-state index in [9.17, 15) is 9.59 Å². The minimum absolute atomic E-state index is 0.00285. The van der Waals surface area contributed by atoms with Gasteiger partial charge in [-0.15, -0.1) is 0 Å². The number of rotatable bonds is 3. The smallest absolute Gasteiger partial charge is 0.253 e. The SMILES string of the molecule is C=CC(=O)N1CCOC(C(=O)N2CCC(c3ccccc3)CC2)C1. The van der Waals surface area contributed by atoms with Crippen molar-refractivity contribution < 1.29 is 14.3 Å². The Morgan fingerprint density at radius 1 is 1.08 bits per heavy atom. The molecule has 128 valence electrons. The monoisotopic (exact) mass is 328 g/mol. The fourth-order valence-electron chi connectivity index (χ4n) is 3.49. The quantitative estimate of drug-likeness (QED) is 0.795. The summed E-state index contributed by atoms with van der Waals surface area (Å²) in [6.07, 6.45) is 2.68. The standard InChI is InChI=1S/C19H24N2O3/c1-2-18(22)21-12-13-24-17(14-21)19(23)20-10-8-16(9-11-20)15-6-4-3-5-7-15/h2-7,16-17H,1,8-14H2. The summed E-state index contributed by atoms with van der Waals surface area (Å²) in [4.78, 5) is 27.9. The van der Waals surface area contributed by atoms with Crippen molar-refractivity contribution in [2.45, 2.75) is 24.9 Å². The first-order chi connectivity index (χ1) is 11.7. The Bertz CT molecular complexity index is 594. The Morgan fingerprint density at radius 2 is 1.79 bits per heavy atom. The predicted molar refractivity (Wildman–Crippen MR) is 91.5 cm³/mol. The molecular formula is C19H24N2O3. The Hall–Kier alpha value is -2.14. The Labute approximate surface area is 142 Å². The summed E-state index contributed by atoms with van der Waals surface area (Å²) in [5.41, 5.74) is 1.35. The summed E-state index contributed by atoms with van der Waals surface area (Å²) in [5, 5.41) is 0. The van der Waals surface area contributed by atoms with Gasteiger partial charge in [0, 0.05) is 19.6 Å². The minimum Gasteiger partial charge on any atom is -0.365 e. The van der Waals surface area contributed by atoms with E-state index < -0.39 is 6.10 Å². The summed E-state index contributed by atoms with van der Waals surface area (Å²) in [6, 6.07) is 10.5. The van der Waals surface area contributed by atoms with E-state index in [1.807, 2.05) is 11.0 Å². The number of hydrogen-bond donors (Lipinski definition) is 0. The zero-order valence-electron chi connectivity index (χ0n) is 13.9. The second-order valence-electron chi connectivity index (χ2n) is 6.36. The molecule has 0 aromatic heterocycles. The molecule has 0 bridgehead atoms. The van der Waals surface area contributed by atoms with Crippen molar-refractivity contribution in [2.75, 3.05) is 32.8 Å². The molecule has 0 spiro atoms. The van der Waals surface area contributed by atoms with Crippen LogP contribution < -0.4 is 0 Å². The van der Waals surface area contributed by atoms with Gasteiger partial charge in [-0.2, -0.15) is 0 Å². The van der Waals surface area contributed by atoms with E-state index in [-0.39, 0.29) is 11.8 Å². The van der Waals surface area contributed by atoms with Crippen LogP contribution in [0.4, 0.5) is 0 Å². The molecule has 24 heavy (non-hydrogen) atoms. The van der Waals surface area contributed by atoms with E-state index in [2.05, 4.69) is 30.8 Å². The average molecular weight is 328 g/mol. The highest BCUT2D eigenvalue weighted by Crippen LogP contribution is 2.28. The second kappa shape index (κ2) is 7.62. The van der Waals surface area contributed by atoms with Gasteiger partial charge in [-0.05, 0) is 30.4 Å². The molecule has 0 saturated carbocycles. The fourth-order valence-corrected chi connectivity index (χ4v) is 3.49. The largest absolute Gasteiger partial charge is 0.365 e. The number of carbonyl (C=O) groups is 2. The van der Waals surface area contributed by atoms with Crippen molar-refractivity contribution in [3.63, 3.8) is 0 Å². The molecule has 1 aromatic rings. The van der Waals surface area contributed by atoms with Crippen molar-refractivity contribution in [3.8, 4) is 0 Å².